The molecule has 0 fully saturated rings. The van der Waals surface area contributed by atoms with Crippen LogP contribution in [0.1, 0.15) is 16.1 Å². The molecule has 0 saturated carbocycles. The summed E-state index contributed by atoms with van der Waals surface area (Å²) in [5.74, 6) is -0.0397. The normalized spacial score (nSPS) is 10.9. The highest BCUT2D eigenvalue weighted by molar-refractivity contribution is 7.92. The number of furan rings is 1. The largest absolute Gasteiger partial charge is 0.497 e. The van der Waals surface area contributed by atoms with E-state index in [1.807, 2.05) is 0 Å². The van der Waals surface area contributed by atoms with E-state index in [0.717, 1.165) is 4.31 Å². The molecule has 4 rings (SSSR count). The van der Waals surface area contributed by atoms with E-state index >= 15 is 0 Å². The maximum absolute atomic E-state index is 13.5. The Hall–Kier alpha value is -4.57. The summed E-state index contributed by atoms with van der Waals surface area (Å²) in [6.07, 6.45) is 1.51. The molecule has 4 aromatic rings. The van der Waals surface area contributed by atoms with E-state index in [1.165, 1.54) is 31.6 Å². The molecule has 0 atom stereocenters. The zero-order valence-corrected chi connectivity index (χ0v) is 20.8. The third-order valence-corrected chi connectivity index (χ3v) is 7.20. The van der Waals surface area contributed by atoms with Crippen LogP contribution in [0.25, 0.3) is 0 Å². The van der Waals surface area contributed by atoms with Crippen LogP contribution in [-0.2, 0) is 21.4 Å². The van der Waals surface area contributed by atoms with Crippen molar-refractivity contribution in [1.29, 1.82) is 0 Å². The predicted molar refractivity (Wildman–Crippen MR) is 139 cm³/mol. The van der Waals surface area contributed by atoms with Gasteiger partial charge in [0.25, 0.3) is 15.9 Å². The summed E-state index contributed by atoms with van der Waals surface area (Å²) < 4.78 is 38.5. The smallest absolute Gasteiger partial charge is 0.264 e. The van der Waals surface area contributed by atoms with E-state index < -0.39 is 28.4 Å². The van der Waals surface area contributed by atoms with Crippen LogP contribution in [0.4, 0.5) is 11.4 Å². The summed E-state index contributed by atoms with van der Waals surface area (Å²) >= 11 is 0. The third-order valence-electron chi connectivity index (χ3n) is 5.41. The minimum atomic E-state index is -4.10. The second-order valence-electron chi connectivity index (χ2n) is 7.88. The molecule has 190 valence electrons. The monoisotopic (exact) mass is 519 g/mol. The summed E-state index contributed by atoms with van der Waals surface area (Å²) in [7, 11) is -2.63. The minimum absolute atomic E-state index is 0.0309. The van der Waals surface area contributed by atoms with E-state index in [2.05, 4.69) is 10.6 Å². The van der Waals surface area contributed by atoms with Gasteiger partial charge in [0.2, 0.25) is 5.91 Å². The third kappa shape index (κ3) is 6.17. The van der Waals surface area contributed by atoms with Gasteiger partial charge < -0.3 is 19.8 Å². The van der Waals surface area contributed by atoms with Crippen molar-refractivity contribution in [2.75, 3.05) is 23.3 Å². The lowest BCUT2D eigenvalue weighted by molar-refractivity contribution is -0.114. The number of amides is 2. The van der Waals surface area contributed by atoms with Crippen molar-refractivity contribution in [3.63, 3.8) is 0 Å². The van der Waals surface area contributed by atoms with Crippen molar-refractivity contribution in [1.82, 2.24) is 5.32 Å². The number of nitrogens with one attached hydrogen (secondary N) is 2. The molecule has 2 N–H and O–H groups in total. The SMILES string of the molecule is COc1cccc(N(CC(=O)Nc2ccccc2C(=O)NCc2ccco2)S(=O)(=O)c2ccccc2)c1. The number of ether oxygens (including phenoxy) is 1. The van der Waals surface area contributed by atoms with Gasteiger partial charge >= 0.3 is 0 Å². The number of hydrogen-bond donors (Lipinski definition) is 2. The zero-order valence-electron chi connectivity index (χ0n) is 20.0. The van der Waals surface area contributed by atoms with Gasteiger partial charge in [0.1, 0.15) is 18.1 Å². The van der Waals surface area contributed by atoms with Crippen molar-refractivity contribution in [3.8, 4) is 5.75 Å². The molecular formula is C27H25N3O6S. The predicted octanol–water partition coefficient (Wildman–Crippen LogP) is 4.05. The molecule has 9 nitrogen and oxygen atoms in total. The molecule has 37 heavy (non-hydrogen) atoms. The summed E-state index contributed by atoms with van der Waals surface area (Å²) in [4.78, 5) is 26.0. The van der Waals surface area contributed by atoms with Crippen LogP contribution in [0.2, 0.25) is 0 Å². The first-order valence-electron chi connectivity index (χ1n) is 11.3. The Morgan fingerprint density at radius 3 is 2.41 bits per heavy atom. The standard InChI is InChI=1S/C27H25N3O6S/c1-35-21-10-7-9-20(17-21)30(37(33,34)23-12-3-2-4-13-23)19-26(31)29-25-15-6-5-14-24(25)27(32)28-18-22-11-8-16-36-22/h2-17H,18-19H2,1H3,(H,28,32)(H,29,31). The minimum Gasteiger partial charge on any atom is -0.497 e. The first-order valence-corrected chi connectivity index (χ1v) is 12.7. The number of nitrogens with zero attached hydrogens (tertiary/aromatic N) is 1. The highest BCUT2D eigenvalue weighted by Gasteiger charge is 2.28. The van der Waals surface area contributed by atoms with Gasteiger partial charge in [0, 0.05) is 6.07 Å². The lowest BCUT2D eigenvalue weighted by Crippen LogP contribution is -2.38. The van der Waals surface area contributed by atoms with Gasteiger partial charge in [-0.1, -0.05) is 36.4 Å². The quantitative estimate of drug-likeness (QED) is 0.326. The number of carbonyl (C=O) groups excluding carboxylic acids is 2. The average Bonchev–Trinajstić information content (AvgIpc) is 3.45. The molecule has 0 aliphatic heterocycles. The number of para-hydroxylation sites is 1. The molecule has 10 heteroatoms. The Labute approximate surface area is 214 Å². The number of methoxy groups -OCH3 is 1. The van der Waals surface area contributed by atoms with E-state index in [-0.39, 0.29) is 28.4 Å². The van der Waals surface area contributed by atoms with Crippen molar-refractivity contribution in [3.05, 3.63) is 109 Å². The fourth-order valence-corrected chi connectivity index (χ4v) is 5.02. The number of hydrogen-bond acceptors (Lipinski definition) is 6. The Morgan fingerprint density at radius 1 is 0.919 bits per heavy atom. The fourth-order valence-electron chi connectivity index (χ4n) is 3.59. The van der Waals surface area contributed by atoms with E-state index in [1.54, 1.807) is 72.8 Å². The number of carbonyl (C=O) groups is 2. The average molecular weight is 520 g/mol. The van der Waals surface area contributed by atoms with Crippen LogP contribution < -0.4 is 19.7 Å². The second kappa shape index (κ2) is 11.4. The number of rotatable bonds is 10. The Morgan fingerprint density at radius 2 is 1.68 bits per heavy atom. The van der Waals surface area contributed by atoms with Gasteiger partial charge in [0.05, 0.1) is 41.8 Å². The van der Waals surface area contributed by atoms with Crippen LogP contribution in [0.3, 0.4) is 0 Å². The van der Waals surface area contributed by atoms with Crippen molar-refractivity contribution >= 4 is 33.2 Å². The molecule has 3 aromatic carbocycles. The van der Waals surface area contributed by atoms with Gasteiger partial charge in [-0.15, -0.1) is 0 Å². The topological polar surface area (TPSA) is 118 Å². The Kier molecular flexibility index (Phi) is 7.89. The van der Waals surface area contributed by atoms with Gasteiger partial charge in [-0.2, -0.15) is 0 Å². The van der Waals surface area contributed by atoms with Crippen molar-refractivity contribution < 1.29 is 27.2 Å². The van der Waals surface area contributed by atoms with Crippen LogP contribution >= 0.6 is 0 Å². The lowest BCUT2D eigenvalue weighted by atomic mass is 10.1. The molecule has 0 unspecified atom stereocenters. The summed E-state index contributed by atoms with van der Waals surface area (Å²) in [5.41, 5.74) is 0.719. The van der Waals surface area contributed by atoms with Gasteiger partial charge in [-0.25, -0.2) is 8.42 Å². The summed E-state index contributed by atoms with van der Waals surface area (Å²) in [6, 6.07) is 24.2. The lowest BCUT2D eigenvalue weighted by Gasteiger charge is -2.24. The molecule has 0 saturated heterocycles. The van der Waals surface area contributed by atoms with Crippen LogP contribution in [0, 0.1) is 0 Å². The van der Waals surface area contributed by atoms with E-state index in [0.29, 0.717) is 11.5 Å². The first kappa shape index (κ1) is 25.5. The Balaban J connectivity index is 1.58. The molecule has 0 spiro atoms. The number of benzene rings is 3. The highest BCUT2D eigenvalue weighted by Crippen LogP contribution is 2.27. The van der Waals surface area contributed by atoms with Crippen molar-refractivity contribution in [2.24, 2.45) is 0 Å². The fraction of sp³-hybridized carbons (Fsp3) is 0.111. The molecular weight excluding hydrogens is 494 g/mol. The van der Waals surface area contributed by atoms with Crippen LogP contribution in [-0.4, -0.2) is 33.9 Å². The van der Waals surface area contributed by atoms with E-state index in [9.17, 15) is 18.0 Å². The number of sulfonamides is 1. The molecule has 0 radical (unpaired) electrons. The van der Waals surface area contributed by atoms with Crippen LogP contribution in [0.15, 0.2) is 107 Å². The molecule has 0 aliphatic carbocycles. The van der Waals surface area contributed by atoms with E-state index in [4.69, 9.17) is 9.15 Å². The second-order valence-corrected chi connectivity index (χ2v) is 9.74. The Bertz CT molecular complexity index is 1470. The number of anilines is 2. The van der Waals surface area contributed by atoms with Gasteiger partial charge in [-0.3, -0.25) is 13.9 Å². The molecule has 1 aromatic heterocycles. The summed E-state index contributed by atoms with van der Waals surface area (Å²) in [6.45, 7) is -0.361. The summed E-state index contributed by atoms with van der Waals surface area (Å²) in [5, 5.41) is 5.41. The van der Waals surface area contributed by atoms with Crippen LogP contribution in [0.5, 0.6) is 5.75 Å². The molecule has 0 bridgehead atoms. The van der Waals surface area contributed by atoms with Gasteiger partial charge in [-0.05, 0) is 48.5 Å². The first-order chi connectivity index (χ1) is 17.9. The maximum atomic E-state index is 13.5. The highest BCUT2D eigenvalue weighted by atomic mass is 32.2. The maximum Gasteiger partial charge on any atom is 0.264 e. The zero-order chi connectivity index (χ0) is 26.3. The molecule has 2 amide bonds. The molecule has 1 heterocycles. The molecule has 0 aliphatic rings. The van der Waals surface area contributed by atoms with Gasteiger partial charge in [0.15, 0.2) is 0 Å². The van der Waals surface area contributed by atoms with Crippen molar-refractivity contribution in [2.45, 2.75) is 11.4 Å².